The number of nitrogens with two attached hydrogens (primary N) is 1. The number of carbonyl (C=O) groups excluding carboxylic acids is 1. The SMILES string of the molecule is CCOc1ccc(C2CC(=O)Nc3nc(N)[nH]c(=O)c32)cc1C. The molecule has 1 aromatic heterocycles. The molecule has 2 heterocycles. The number of carbonyl (C=O) groups is 1. The maximum absolute atomic E-state index is 12.3. The molecule has 1 amide bonds. The molecule has 1 unspecified atom stereocenters. The third kappa shape index (κ3) is 2.77. The van der Waals surface area contributed by atoms with Crippen molar-refractivity contribution in [1.82, 2.24) is 9.97 Å². The molecule has 1 aromatic carbocycles. The topological polar surface area (TPSA) is 110 Å². The summed E-state index contributed by atoms with van der Waals surface area (Å²) in [6.07, 6.45) is 0.190. The van der Waals surface area contributed by atoms with E-state index in [0.717, 1.165) is 16.9 Å². The molecular formula is C16H18N4O3. The number of hydrogen-bond donors (Lipinski definition) is 3. The van der Waals surface area contributed by atoms with Gasteiger partial charge in [-0.15, -0.1) is 0 Å². The lowest BCUT2D eigenvalue weighted by molar-refractivity contribution is -0.116. The minimum atomic E-state index is -0.357. The zero-order chi connectivity index (χ0) is 16.6. The van der Waals surface area contributed by atoms with Gasteiger partial charge in [0.2, 0.25) is 11.9 Å². The highest BCUT2D eigenvalue weighted by molar-refractivity contribution is 5.94. The Labute approximate surface area is 132 Å². The zero-order valence-corrected chi connectivity index (χ0v) is 13.0. The van der Waals surface area contributed by atoms with Crippen LogP contribution in [0, 0.1) is 6.92 Å². The average molecular weight is 314 g/mol. The van der Waals surface area contributed by atoms with Crippen LogP contribution >= 0.6 is 0 Å². The first-order valence-corrected chi connectivity index (χ1v) is 7.42. The van der Waals surface area contributed by atoms with Crippen molar-refractivity contribution in [2.45, 2.75) is 26.2 Å². The summed E-state index contributed by atoms with van der Waals surface area (Å²) in [5.41, 5.74) is 7.49. The predicted molar refractivity (Wildman–Crippen MR) is 86.7 cm³/mol. The highest BCUT2D eigenvalue weighted by Gasteiger charge is 2.30. The van der Waals surface area contributed by atoms with Crippen LogP contribution in [0.5, 0.6) is 5.75 Å². The van der Waals surface area contributed by atoms with E-state index in [1.165, 1.54) is 0 Å². The first-order chi connectivity index (χ1) is 11.0. The van der Waals surface area contributed by atoms with Crippen LogP contribution in [0.2, 0.25) is 0 Å². The third-order valence-electron chi connectivity index (χ3n) is 3.87. The van der Waals surface area contributed by atoms with Gasteiger partial charge in [-0.05, 0) is 31.0 Å². The molecule has 120 valence electrons. The van der Waals surface area contributed by atoms with Crippen molar-refractivity contribution in [3.63, 3.8) is 0 Å². The Morgan fingerprint density at radius 1 is 1.39 bits per heavy atom. The second-order valence-electron chi connectivity index (χ2n) is 5.48. The van der Waals surface area contributed by atoms with Gasteiger partial charge in [-0.1, -0.05) is 12.1 Å². The molecule has 0 spiro atoms. The molecule has 1 atom stereocenters. The molecule has 1 aliphatic heterocycles. The van der Waals surface area contributed by atoms with Crippen molar-refractivity contribution in [2.75, 3.05) is 17.7 Å². The maximum Gasteiger partial charge on any atom is 0.258 e. The van der Waals surface area contributed by atoms with E-state index < -0.39 is 0 Å². The van der Waals surface area contributed by atoms with Gasteiger partial charge in [-0.25, -0.2) is 0 Å². The van der Waals surface area contributed by atoms with Crippen LogP contribution in [0.15, 0.2) is 23.0 Å². The molecule has 0 radical (unpaired) electrons. The molecule has 1 aliphatic rings. The van der Waals surface area contributed by atoms with Gasteiger partial charge in [-0.3, -0.25) is 14.6 Å². The first-order valence-electron chi connectivity index (χ1n) is 7.42. The van der Waals surface area contributed by atoms with Crippen molar-refractivity contribution in [1.29, 1.82) is 0 Å². The van der Waals surface area contributed by atoms with E-state index in [4.69, 9.17) is 10.5 Å². The number of nitrogen functional groups attached to an aromatic ring is 1. The second-order valence-corrected chi connectivity index (χ2v) is 5.48. The van der Waals surface area contributed by atoms with Crippen molar-refractivity contribution in [2.24, 2.45) is 0 Å². The van der Waals surface area contributed by atoms with Gasteiger partial charge in [0.15, 0.2) is 0 Å². The van der Waals surface area contributed by atoms with E-state index in [9.17, 15) is 9.59 Å². The largest absolute Gasteiger partial charge is 0.494 e. The Bertz CT molecular complexity index is 829. The number of fused-ring (bicyclic) bond motifs is 1. The summed E-state index contributed by atoms with van der Waals surface area (Å²) < 4.78 is 5.53. The molecule has 7 heteroatoms. The van der Waals surface area contributed by atoms with Crippen molar-refractivity contribution < 1.29 is 9.53 Å². The number of nitrogens with one attached hydrogen (secondary N) is 2. The molecule has 23 heavy (non-hydrogen) atoms. The Morgan fingerprint density at radius 2 is 2.17 bits per heavy atom. The minimum Gasteiger partial charge on any atom is -0.494 e. The van der Waals surface area contributed by atoms with Gasteiger partial charge >= 0.3 is 0 Å². The number of aryl methyl sites for hydroxylation is 1. The molecular weight excluding hydrogens is 296 g/mol. The van der Waals surface area contributed by atoms with Crippen LogP contribution in [-0.2, 0) is 4.79 Å². The standard InChI is InChI=1S/C16H18N4O3/c1-3-23-11-5-4-9(6-8(11)2)10-7-12(21)18-14-13(10)15(22)20-16(17)19-14/h4-6,10H,3,7H2,1-2H3,(H4,17,18,19,20,21,22). The molecule has 2 aromatic rings. The summed E-state index contributed by atoms with van der Waals surface area (Å²) in [4.78, 5) is 30.8. The van der Waals surface area contributed by atoms with Crippen LogP contribution in [0.25, 0.3) is 0 Å². The maximum atomic E-state index is 12.3. The van der Waals surface area contributed by atoms with Crippen molar-refractivity contribution in [3.8, 4) is 5.75 Å². The fourth-order valence-corrected chi connectivity index (χ4v) is 2.88. The monoisotopic (exact) mass is 314 g/mol. The number of aromatic amines is 1. The molecule has 0 aliphatic carbocycles. The Morgan fingerprint density at radius 3 is 2.87 bits per heavy atom. The normalized spacial score (nSPS) is 16.6. The summed E-state index contributed by atoms with van der Waals surface area (Å²) in [6.45, 7) is 4.44. The molecule has 0 saturated carbocycles. The summed E-state index contributed by atoms with van der Waals surface area (Å²) in [5, 5.41) is 2.61. The minimum absolute atomic E-state index is 0.0161. The number of rotatable bonds is 3. The van der Waals surface area contributed by atoms with Gasteiger partial charge in [0.05, 0.1) is 12.2 Å². The number of H-pyrrole nitrogens is 1. The molecule has 7 nitrogen and oxygen atoms in total. The van der Waals surface area contributed by atoms with Gasteiger partial charge in [0, 0.05) is 12.3 Å². The second kappa shape index (κ2) is 5.75. The van der Waals surface area contributed by atoms with E-state index in [1.54, 1.807) is 0 Å². The smallest absolute Gasteiger partial charge is 0.258 e. The lowest BCUT2D eigenvalue weighted by Crippen LogP contribution is -2.31. The van der Waals surface area contributed by atoms with Crippen molar-refractivity contribution >= 4 is 17.7 Å². The number of aromatic nitrogens is 2. The van der Waals surface area contributed by atoms with E-state index in [0.29, 0.717) is 12.2 Å². The van der Waals surface area contributed by atoms with E-state index in [1.807, 2.05) is 32.0 Å². The summed E-state index contributed by atoms with van der Waals surface area (Å²) >= 11 is 0. The Balaban J connectivity index is 2.10. The van der Waals surface area contributed by atoms with Crippen LogP contribution < -0.4 is 21.3 Å². The van der Waals surface area contributed by atoms with Crippen LogP contribution in [0.3, 0.4) is 0 Å². The van der Waals surface area contributed by atoms with Crippen LogP contribution in [0.1, 0.15) is 36.0 Å². The summed E-state index contributed by atoms with van der Waals surface area (Å²) in [5.74, 6) is 0.467. The lowest BCUT2D eigenvalue weighted by atomic mass is 9.86. The number of benzene rings is 1. The van der Waals surface area contributed by atoms with Gasteiger partial charge in [-0.2, -0.15) is 4.98 Å². The fraction of sp³-hybridized carbons (Fsp3) is 0.312. The van der Waals surface area contributed by atoms with Crippen molar-refractivity contribution in [3.05, 3.63) is 45.2 Å². The first kappa shape index (κ1) is 15.1. The Kier molecular flexibility index (Phi) is 3.77. The molecule has 0 fully saturated rings. The highest BCUT2D eigenvalue weighted by Crippen LogP contribution is 2.35. The molecule has 0 bridgehead atoms. The number of ether oxygens (including phenoxy) is 1. The van der Waals surface area contributed by atoms with Gasteiger partial charge < -0.3 is 15.8 Å². The number of amides is 1. The quantitative estimate of drug-likeness (QED) is 0.796. The van der Waals surface area contributed by atoms with Crippen LogP contribution in [-0.4, -0.2) is 22.5 Å². The van der Waals surface area contributed by atoms with E-state index >= 15 is 0 Å². The average Bonchev–Trinajstić information content (AvgIpc) is 2.48. The molecule has 3 rings (SSSR count). The van der Waals surface area contributed by atoms with Gasteiger partial charge in [0.25, 0.3) is 5.56 Å². The number of hydrogen-bond acceptors (Lipinski definition) is 5. The fourth-order valence-electron chi connectivity index (χ4n) is 2.88. The lowest BCUT2D eigenvalue weighted by Gasteiger charge is -2.24. The van der Waals surface area contributed by atoms with Crippen LogP contribution in [0.4, 0.5) is 11.8 Å². The third-order valence-corrected chi connectivity index (χ3v) is 3.87. The summed E-state index contributed by atoms with van der Waals surface area (Å²) in [6, 6.07) is 5.67. The van der Waals surface area contributed by atoms with E-state index in [2.05, 4.69) is 15.3 Å². The number of anilines is 2. The predicted octanol–water partition coefficient (Wildman–Crippen LogP) is 1.53. The number of nitrogens with zero attached hydrogens (tertiary/aromatic N) is 1. The zero-order valence-electron chi connectivity index (χ0n) is 13.0. The van der Waals surface area contributed by atoms with Gasteiger partial charge in [0.1, 0.15) is 11.6 Å². The van der Waals surface area contributed by atoms with E-state index in [-0.39, 0.29) is 35.6 Å². The highest BCUT2D eigenvalue weighted by atomic mass is 16.5. The molecule has 0 saturated heterocycles. The Hall–Kier alpha value is -2.83. The summed E-state index contributed by atoms with van der Waals surface area (Å²) in [7, 11) is 0. The molecule has 4 N–H and O–H groups in total.